The maximum Gasteiger partial charge on any atom is 0.230 e. The molecule has 0 aliphatic heterocycles. The van der Waals surface area contributed by atoms with Crippen molar-refractivity contribution in [2.75, 3.05) is 5.32 Å². The van der Waals surface area contributed by atoms with Crippen molar-refractivity contribution >= 4 is 23.5 Å². The van der Waals surface area contributed by atoms with Crippen molar-refractivity contribution in [3.63, 3.8) is 0 Å². The Balaban J connectivity index is 2.10. The van der Waals surface area contributed by atoms with Crippen LogP contribution in [0.4, 0.5) is 5.95 Å². The van der Waals surface area contributed by atoms with Gasteiger partial charge in [-0.2, -0.15) is 0 Å². The van der Waals surface area contributed by atoms with Crippen molar-refractivity contribution in [2.45, 2.75) is 27.7 Å². The summed E-state index contributed by atoms with van der Waals surface area (Å²) in [5, 5.41) is 3.03. The van der Waals surface area contributed by atoms with Crippen molar-refractivity contribution in [1.29, 1.82) is 0 Å². The molecule has 4 nitrogen and oxygen atoms in total. The molecule has 1 aromatic heterocycles. The van der Waals surface area contributed by atoms with Crippen molar-refractivity contribution in [3.05, 3.63) is 17.4 Å². The van der Waals surface area contributed by atoms with Crippen LogP contribution in [0.1, 0.15) is 27.7 Å². The first-order valence-corrected chi connectivity index (χ1v) is 5.94. The summed E-state index contributed by atoms with van der Waals surface area (Å²) < 4.78 is 0. The average Bonchev–Trinajstić information content (AvgIpc) is 2.56. The normalized spacial score (nSPS) is 21.0. The molecule has 2 rings (SSSR count). The molecule has 1 N–H and O–H groups in total. The minimum absolute atomic E-state index is 0.00958. The zero-order chi connectivity index (χ0) is 12.8. The van der Waals surface area contributed by atoms with Crippen LogP contribution in [0, 0.1) is 16.7 Å². The second-order valence-corrected chi connectivity index (χ2v) is 5.96. The number of aromatic nitrogens is 2. The fourth-order valence-electron chi connectivity index (χ4n) is 2.43. The van der Waals surface area contributed by atoms with Crippen LogP contribution in [-0.4, -0.2) is 15.9 Å². The number of carbonyl (C=O) groups excluding carboxylic acids is 1. The lowest BCUT2D eigenvalue weighted by Gasteiger charge is -2.04. The number of amides is 1. The maximum absolute atomic E-state index is 12.1. The average molecular weight is 254 g/mol. The molecule has 1 fully saturated rings. The molecule has 0 saturated heterocycles. The Kier molecular flexibility index (Phi) is 2.65. The molecule has 0 bridgehead atoms. The fraction of sp³-hybridized carbons (Fsp3) is 0.583. The van der Waals surface area contributed by atoms with Gasteiger partial charge in [-0.15, -0.1) is 0 Å². The van der Waals surface area contributed by atoms with Gasteiger partial charge in [-0.25, -0.2) is 9.97 Å². The van der Waals surface area contributed by atoms with Gasteiger partial charge in [-0.3, -0.25) is 10.1 Å². The third-order valence-electron chi connectivity index (χ3n) is 4.14. The molecule has 0 spiro atoms. The van der Waals surface area contributed by atoms with Crippen molar-refractivity contribution in [3.8, 4) is 0 Å². The van der Waals surface area contributed by atoms with Crippen molar-refractivity contribution < 1.29 is 4.79 Å². The lowest BCUT2D eigenvalue weighted by Crippen LogP contribution is -2.19. The van der Waals surface area contributed by atoms with Gasteiger partial charge in [-0.1, -0.05) is 39.3 Å². The van der Waals surface area contributed by atoms with E-state index in [2.05, 4.69) is 43.0 Å². The molecule has 1 aliphatic rings. The Labute approximate surface area is 106 Å². The zero-order valence-corrected chi connectivity index (χ0v) is 11.2. The molecule has 1 amide bonds. The van der Waals surface area contributed by atoms with Gasteiger partial charge in [0.25, 0.3) is 0 Å². The van der Waals surface area contributed by atoms with Gasteiger partial charge in [0.2, 0.25) is 11.9 Å². The van der Waals surface area contributed by atoms with E-state index in [1.165, 1.54) is 6.20 Å². The highest BCUT2D eigenvalue weighted by Crippen LogP contribution is 2.68. The lowest BCUT2D eigenvalue weighted by molar-refractivity contribution is -0.118. The third kappa shape index (κ3) is 1.90. The first-order valence-electron chi connectivity index (χ1n) is 5.56. The number of nitrogens with zero attached hydrogens (tertiary/aromatic N) is 2. The second-order valence-electron chi connectivity index (χ2n) is 5.57. The van der Waals surface area contributed by atoms with Crippen LogP contribution < -0.4 is 5.32 Å². The van der Waals surface area contributed by atoms with E-state index in [1.807, 2.05) is 0 Å². The van der Waals surface area contributed by atoms with Crippen LogP contribution in [-0.2, 0) is 4.79 Å². The SMILES string of the molecule is CC1(C)C(C(=O)Nc2nccc(Cl)n2)C1(C)C. The number of hydrogen-bond acceptors (Lipinski definition) is 3. The Morgan fingerprint density at radius 3 is 2.41 bits per heavy atom. The summed E-state index contributed by atoms with van der Waals surface area (Å²) in [5.74, 6) is 0.209. The van der Waals surface area contributed by atoms with Gasteiger partial charge in [0, 0.05) is 12.1 Å². The van der Waals surface area contributed by atoms with Gasteiger partial charge in [0.1, 0.15) is 5.15 Å². The summed E-state index contributed by atoms with van der Waals surface area (Å²) in [6.45, 7) is 8.37. The van der Waals surface area contributed by atoms with Gasteiger partial charge in [0.15, 0.2) is 0 Å². The fourth-order valence-corrected chi connectivity index (χ4v) is 2.57. The Bertz CT molecular complexity index is 457. The first kappa shape index (κ1) is 12.3. The predicted octanol–water partition coefficient (Wildman–Crippen LogP) is 2.75. The van der Waals surface area contributed by atoms with E-state index in [0.717, 1.165) is 0 Å². The van der Waals surface area contributed by atoms with E-state index in [4.69, 9.17) is 11.6 Å². The number of nitrogens with one attached hydrogen (secondary N) is 1. The van der Waals surface area contributed by atoms with Crippen molar-refractivity contribution in [2.24, 2.45) is 16.7 Å². The minimum Gasteiger partial charge on any atom is -0.294 e. The Morgan fingerprint density at radius 2 is 1.94 bits per heavy atom. The number of hydrogen-bond donors (Lipinski definition) is 1. The molecule has 5 heteroatoms. The molecule has 0 aromatic carbocycles. The third-order valence-corrected chi connectivity index (χ3v) is 4.35. The zero-order valence-electron chi connectivity index (χ0n) is 10.4. The van der Waals surface area contributed by atoms with Crippen LogP contribution in [0.25, 0.3) is 0 Å². The maximum atomic E-state index is 12.1. The van der Waals surface area contributed by atoms with Gasteiger partial charge in [0.05, 0.1) is 0 Å². The topological polar surface area (TPSA) is 54.9 Å². The smallest absolute Gasteiger partial charge is 0.230 e. The summed E-state index contributed by atoms with van der Waals surface area (Å²) in [6.07, 6.45) is 1.52. The molecule has 1 heterocycles. The summed E-state index contributed by atoms with van der Waals surface area (Å²) in [5.41, 5.74) is 0.0192. The molecule has 0 atom stereocenters. The summed E-state index contributed by atoms with van der Waals surface area (Å²) >= 11 is 5.73. The summed E-state index contributed by atoms with van der Waals surface area (Å²) in [6, 6.07) is 1.57. The number of anilines is 1. The van der Waals surface area contributed by atoms with E-state index in [-0.39, 0.29) is 28.6 Å². The Hall–Kier alpha value is -1.16. The molecule has 17 heavy (non-hydrogen) atoms. The van der Waals surface area contributed by atoms with E-state index >= 15 is 0 Å². The van der Waals surface area contributed by atoms with Gasteiger partial charge in [-0.05, 0) is 16.9 Å². The summed E-state index contributed by atoms with van der Waals surface area (Å²) in [7, 11) is 0. The molecule has 1 aromatic rings. The molecule has 1 saturated carbocycles. The van der Waals surface area contributed by atoms with E-state index in [9.17, 15) is 4.79 Å². The van der Waals surface area contributed by atoms with Crippen molar-refractivity contribution in [1.82, 2.24) is 9.97 Å². The van der Waals surface area contributed by atoms with Crippen LogP contribution in [0.5, 0.6) is 0 Å². The van der Waals surface area contributed by atoms with E-state index in [0.29, 0.717) is 5.15 Å². The molecular formula is C12H16ClN3O. The number of rotatable bonds is 2. The van der Waals surface area contributed by atoms with Gasteiger partial charge < -0.3 is 0 Å². The van der Waals surface area contributed by atoms with E-state index in [1.54, 1.807) is 6.07 Å². The quantitative estimate of drug-likeness (QED) is 0.825. The molecule has 0 radical (unpaired) electrons. The minimum atomic E-state index is -0.0396. The highest BCUT2D eigenvalue weighted by Gasteiger charge is 2.68. The molecular weight excluding hydrogens is 238 g/mol. The van der Waals surface area contributed by atoms with Crippen LogP contribution in [0.3, 0.4) is 0 Å². The Morgan fingerprint density at radius 1 is 1.35 bits per heavy atom. The molecule has 92 valence electrons. The number of carbonyl (C=O) groups is 1. The second kappa shape index (κ2) is 3.67. The van der Waals surface area contributed by atoms with Crippen LogP contribution in [0.15, 0.2) is 12.3 Å². The molecule has 1 aliphatic carbocycles. The van der Waals surface area contributed by atoms with E-state index < -0.39 is 0 Å². The lowest BCUT2D eigenvalue weighted by atomic mass is 10.0. The van der Waals surface area contributed by atoms with Gasteiger partial charge >= 0.3 is 0 Å². The summed E-state index contributed by atoms with van der Waals surface area (Å²) in [4.78, 5) is 20.0. The first-order chi connectivity index (χ1) is 7.76. The highest BCUT2D eigenvalue weighted by molar-refractivity contribution is 6.29. The predicted molar refractivity (Wildman–Crippen MR) is 66.7 cm³/mol. The number of halogens is 1. The monoisotopic (exact) mass is 253 g/mol. The van der Waals surface area contributed by atoms with Crippen LogP contribution in [0.2, 0.25) is 5.15 Å². The highest BCUT2D eigenvalue weighted by atomic mass is 35.5. The molecule has 0 unspecified atom stereocenters. The largest absolute Gasteiger partial charge is 0.294 e. The standard InChI is InChI=1S/C12H16ClN3O/c1-11(2)8(12(11,3)4)9(17)16-10-14-6-5-7(13)15-10/h5-6,8H,1-4H3,(H,14,15,16,17). The van der Waals surface area contributed by atoms with Crippen LogP contribution >= 0.6 is 11.6 Å².